The van der Waals surface area contributed by atoms with Gasteiger partial charge in [0, 0.05) is 12.4 Å². The van der Waals surface area contributed by atoms with Crippen LogP contribution in [0.15, 0.2) is 41.8 Å². The molecule has 0 unspecified atom stereocenters. The minimum atomic E-state index is -3.72. The van der Waals surface area contributed by atoms with E-state index in [0.29, 0.717) is 5.69 Å². The lowest BCUT2D eigenvalue weighted by atomic mass is 10.4. The van der Waals surface area contributed by atoms with E-state index in [1.165, 1.54) is 30.9 Å². The molecule has 0 saturated carbocycles. The summed E-state index contributed by atoms with van der Waals surface area (Å²) in [6, 6.07) is 4.54. The SMILES string of the molecule is NNc1ncccc1S(=O)(=O)NCc1ccncn1. The summed E-state index contributed by atoms with van der Waals surface area (Å²) in [5.74, 6) is 5.31. The van der Waals surface area contributed by atoms with Crippen LogP contribution in [0.2, 0.25) is 0 Å². The number of nitrogens with zero attached hydrogens (tertiary/aromatic N) is 3. The fourth-order valence-corrected chi connectivity index (χ4v) is 2.50. The van der Waals surface area contributed by atoms with Gasteiger partial charge < -0.3 is 5.43 Å². The summed E-state index contributed by atoms with van der Waals surface area (Å²) in [7, 11) is -3.72. The van der Waals surface area contributed by atoms with E-state index in [4.69, 9.17) is 5.84 Å². The highest BCUT2D eigenvalue weighted by Crippen LogP contribution is 2.16. The smallest absolute Gasteiger partial charge is 0.244 e. The molecule has 2 aromatic heterocycles. The number of hydrogen-bond acceptors (Lipinski definition) is 7. The molecule has 4 N–H and O–H groups in total. The molecule has 0 atom stereocenters. The molecule has 2 rings (SSSR count). The first-order valence-electron chi connectivity index (χ1n) is 5.29. The van der Waals surface area contributed by atoms with Gasteiger partial charge in [0.15, 0.2) is 5.82 Å². The number of hydrogen-bond donors (Lipinski definition) is 3. The predicted molar refractivity (Wildman–Crippen MR) is 68.1 cm³/mol. The second-order valence-corrected chi connectivity index (χ2v) is 5.26. The molecule has 2 heterocycles. The molecule has 100 valence electrons. The molecule has 0 aromatic carbocycles. The number of nitrogens with two attached hydrogens (primary N) is 1. The summed E-state index contributed by atoms with van der Waals surface area (Å²) < 4.78 is 26.6. The van der Waals surface area contributed by atoms with Gasteiger partial charge in [0.1, 0.15) is 11.2 Å². The van der Waals surface area contributed by atoms with E-state index in [1.54, 1.807) is 6.07 Å². The van der Waals surface area contributed by atoms with E-state index in [2.05, 4.69) is 25.1 Å². The van der Waals surface area contributed by atoms with E-state index in [-0.39, 0.29) is 17.3 Å². The Kier molecular flexibility index (Phi) is 4.00. The molecular formula is C10H12N6O2S. The molecule has 0 aliphatic heterocycles. The van der Waals surface area contributed by atoms with Crippen LogP contribution in [0.5, 0.6) is 0 Å². The molecule has 0 radical (unpaired) electrons. The van der Waals surface area contributed by atoms with Gasteiger partial charge in [0.2, 0.25) is 10.0 Å². The highest BCUT2D eigenvalue weighted by atomic mass is 32.2. The normalized spacial score (nSPS) is 11.2. The van der Waals surface area contributed by atoms with Crippen molar-refractivity contribution in [3.05, 3.63) is 42.6 Å². The lowest BCUT2D eigenvalue weighted by Gasteiger charge is -2.09. The predicted octanol–water partition coefficient (Wildman–Crippen LogP) is -0.364. The number of pyridine rings is 1. The van der Waals surface area contributed by atoms with Crippen molar-refractivity contribution >= 4 is 15.8 Å². The quantitative estimate of drug-likeness (QED) is 0.504. The zero-order chi connectivity index (χ0) is 13.7. The van der Waals surface area contributed by atoms with Crippen LogP contribution in [0.1, 0.15) is 5.69 Å². The summed E-state index contributed by atoms with van der Waals surface area (Å²) in [5.41, 5.74) is 2.80. The topological polar surface area (TPSA) is 123 Å². The van der Waals surface area contributed by atoms with Crippen LogP contribution in [-0.4, -0.2) is 23.4 Å². The fraction of sp³-hybridized carbons (Fsp3) is 0.100. The lowest BCUT2D eigenvalue weighted by molar-refractivity contribution is 0.580. The Morgan fingerprint density at radius 1 is 1.21 bits per heavy atom. The summed E-state index contributed by atoms with van der Waals surface area (Å²) in [6.45, 7) is 0.0593. The number of sulfonamides is 1. The van der Waals surface area contributed by atoms with Crippen LogP contribution in [0.25, 0.3) is 0 Å². The van der Waals surface area contributed by atoms with Gasteiger partial charge in [-0.05, 0) is 18.2 Å². The Morgan fingerprint density at radius 3 is 2.74 bits per heavy atom. The van der Waals surface area contributed by atoms with Gasteiger partial charge in [-0.15, -0.1) is 0 Å². The third-order valence-corrected chi connectivity index (χ3v) is 3.72. The molecule has 0 spiro atoms. The molecule has 0 aliphatic carbocycles. The van der Waals surface area contributed by atoms with E-state index in [1.807, 2.05) is 0 Å². The number of anilines is 1. The van der Waals surface area contributed by atoms with Gasteiger partial charge in [-0.1, -0.05) is 0 Å². The zero-order valence-corrected chi connectivity index (χ0v) is 10.6. The van der Waals surface area contributed by atoms with Gasteiger partial charge in [0.05, 0.1) is 12.2 Å². The third kappa shape index (κ3) is 3.22. The second-order valence-electron chi connectivity index (χ2n) is 3.52. The van der Waals surface area contributed by atoms with Gasteiger partial charge in [-0.25, -0.2) is 33.9 Å². The van der Waals surface area contributed by atoms with Crippen LogP contribution in [0.3, 0.4) is 0 Å². The molecule has 8 nitrogen and oxygen atoms in total. The Hall–Kier alpha value is -2.10. The number of rotatable bonds is 5. The molecule has 0 saturated heterocycles. The van der Waals surface area contributed by atoms with Crippen LogP contribution in [0, 0.1) is 0 Å². The molecule has 0 aliphatic rings. The second kappa shape index (κ2) is 5.69. The first kappa shape index (κ1) is 13.3. The maximum Gasteiger partial charge on any atom is 0.244 e. The number of nitrogen functional groups attached to an aromatic ring is 1. The minimum absolute atomic E-state index is 0.0217. The maximum absolute atomic E-state index is 12.1. The Labute approximate surface area is 110 Å². The van der Waals surface area contributed by atoms with Crippen molar-refractivity contribution in [3.63, 3.8) is 0 Å². The van der Waals surface area contributed by atoms with E-state index >= 15 is 0 Å². The summed E-state index contributed by atoms with van der Waals surface area (Å²) in [6.07, 6.45) is 4.33. The van der Waals surface area contributed by atoms with Crippen LogP contribution >= 0.6 is 0 Å². The minimum Gasteiger partial charge on any atom is -0.307 e. The van der Waals surface area contributed by atoms with Crippen molar-refractivity contribution in [1.82, 2.24) is 19.7 Å². The van der Waals surface area contributed by atoms with Crippen molar-refractivity contribution in [2.45, 2.75) is 11.4 Å². The van der Waals surface area contributed by atoms with Crippen LogP contribution < -0.4 is 16.0 Å². The molecule has 0 fully saturated rings. The van der Waals surface area contributed by atoms with Crippen molar-refractivity contribution < 1.29 is 8.42 Å². The summed E-state index contributed by atoms with van der Waals surface area (Å²) >= 11 is 0. The van der Waals surface area contributed by atoms with Gasteiger partial charge in [-0.2, -0.15) is 0 Å². The van der Waals surface area contributed by atoms with Crippen molar-refractivity contribution in [2.24, 2.45) is 5.84 Å². The first-order chi connectivity index (χ1) is 9.13. The van der Waals surface area contributed by atoms with Crippen molar-refractivity contribution in [1.29, 1.82) is 0 Å². The highest BCUT2D eigenvalue weighted by Gasteiger charge is 2.18. The van der Waals surface area contributed by atoms with Gasteiger partial charge in [-0.3, -0.25) is 0 Å². The van der Waals surface area contributed by atoms with Crippen LogP contribution in [0.4, 0.5) is 5.82 Å². The van der Waals surface area contributed by atoms with E-state index in [0.717, 1.165) is 0 Å². The highest BCUT2D eigenvalue weighted by molar-refractivity contribution is 7.89. The lowest BCUT2D eigenvalue weighted by Crippen LogP contribution is -2.25. The fourth-order valence-electron chi connectivity index (χ4n) is 1.39. The molecule has 2 aromatic rings. The van der Waals surface area contributed by atoms with Gasteiger partial charge >= 0.3 is 0 Å². The standard InChI is InChI=1S/C10H12N6O2S/c11-16-10-9(2-1-4-13-10)19(17,18)15-6-8-3-5-12-7-14-8/h1-5,7,15H,6,11H2,(H,13,16). The van der Waals surface area contributed by atoms with E-state index in [9.17, 15) is 8.42 Å². The monoisotopic (exact) mass is 280 g/mol. The Bertz CT molecular complexity index is 646. The number of nitrogens with one attached hydrogen (secondary N) is 2. The summed E-state index contributed by atoms with van der Waals surface area (Å²) in [5, 5.41) is 0. The molecule has 0 amide bonds. The van der Waals surface area contributed by atoms with Crippen molar-refractivity contribution in [2.75, 3.05) is 5.43 Å². The number of hydrazine groups is 1. The Morgan fingerprint density at radius 2 is 2.05 bits per heavy atom. The summed E-state index contributed by atoms with van der Waals surface area (Å²) in [4.78, 5) is 11.5. The average molecular weight is 280 g/mol. The largest absolute Gasteiger partial charge is 0.307 e. The maximum atomic E-state index is 12.1. The Balaban J connectivity index is 2.19. The molecular weight excluding hydrogens is 268 g/mol. The van der Waals surface area contributed by atoms with Gasteiger partial charge in [0.25, 0.3) is 0 Å². The third-order valence-electron chi connectivity index (χ3n) is 2.28. The first-order valence-corrected chi connectivity index (χ1v) is 6.78. The van der Waals surface area contributed by atoms with Crippen molar-refractivity contribution in [3.8, 4) is 0 Å². The van der Waals surface area contributed by atoms with Crippen LogP contribution in [-0.2, 0) is 16.6 Å². The number of aromatic nitrogens is 3. The van der Waals surface area contributed by atoms with E-state index < -0.39 is 10.0 Å². The molecule has 0 bridgehead atoms. The average Bonchev–Trinajstić information content (AvgIpc) is 2.46. The molecule has 19 heavy (non-hydrogen) atoms. The zero-order valence-electron chi connectivity index (χ0n) is 9.81. The molecule has 9 heteroatoms.